The molecular formula is C12H10BNO. The molecule has 15 heavy (non-hydrogen) atoms. The van der Waals surface area contributed by atoms with Gasteiger partial charge in [0.1, 0.15) is 13.6 Å². The molecule has 2 nitrogen and oxygen atoms in total. The SMILES string of the molecule is [B]c1ccc(-c2ccccc2OC)nc1. The lowest BCUT2D eigenvalue weighted by atomic mass is 9.98. The van der Waals surface area contributed by atoms with Crippen LogP contribution in [0.25, 0.3) is 11.3 Å². The molecule has 1 aromatic heterocycles. The lowest BCUT2D eigenvalue weighted by Crippen LogP contribution is -2.02. The van der Waals surface area contributed by atoms with E-state index in [1.807, 2.05) is 36.4 Å². The van der Waals surface area contributed by atoms with Crippen molar-refractivity contribution in [2.45, 2.75) is 0 Å². The van der Waals surface area contributed by atoms with E-state index in [-0.39, 0.29) is 0 Å². The quantitative estimate of drug-likeness (QED) is 0.678. The Labute approximate surface area is 90.3 Å². The zero-order chi connectivity index (χ0) is 10.7. The van der Waals surface area contributed by atoms with E-state index < -0.39 is 0 Å². The summed E-state index contributed by atoms with van der Waals surface area (Å²) in [4.78, 5) is 4.25. The fourth-order valence-electron chi connectivity index (χ4n) is 1.42. The van der Waals surface area contributed by atoms with Crippen molar-refractivity contribution in [2.75, 3.05) is 7.11 Å². The van der Waals surface area contributed by atoms with Crippen molar-refractivity contribution in [2.24, 2.45) is 0 Å². The summed E-state index contributed by atoms with van der Waals surface area (Å²) in [5, 5.41) is 0. The van der Waals surface area contributed by atoms with Crippen molar-refractivity contribution in [1.29, 1.82) is 0 Å². The van der Waals surface area contributed by atoms with Crippen LogP contribution in [0.2, 0.25) is 0 Å². The van der Waals surface area contributed by atoms with Crippen LogP contribution in [-0.4, -0.2) is 19.9 Å². The maximum atomic E-state index is 5.58. The molecular weight excluding hydrogens is 185 g/mol. The largest absolute Gasteiger partial charge is 0.496 e. The lowest BCUT2D eigenvalue weighted by Gasteiger charge is -2.07. The van der Waals surface area contributed by atoms with Crippen molar-refractivity contribution in [3.63, 3.8) is 0 Å². The molecule has 2 aromatic rings. The Morgan fingerprint density at radius 1 is 1.13 bits per heavy atom. The highest BCUT2D eigenvalue weighted by Gasteiger charge is 2.04. The van der Waals surface area contributed by atoms with Crippen LogP contribution in [-0.2, 0) is 0 Å². The van der Waals surface area contributed by atoms with E-state index in [0.717, 1.165) is 17.0 Å². The monoisotopic (exact) mass is 195 g/mol. The number of aromatic nitrogens is 1. The zero-order valence-electron chi connectivity index (χ0n) is 8.47. The number of rotatable bonds is 2. The first-order valence-corrected chi connectivity index (χ1v) is 4.66. The van der Waals surface area contributed by atoms with Gasteiger partial charge in [0.25, 0.3) is 0 Å². The van der Waals surface area contributed by atoms with Crippen LogP contribution in [0.15, 0.2) is 42.6 Å². The molecule has 0 aliphatic rings. The summed E-state index contributed by atoms with van der Waals surface area (Å²) in [5.74, 6) is 0.815. The van der Waals surface area contributed by atoms with Crippen LogP contribution in [0.5, 0.6) is 5.75 Å². The van der Waals surface area contributed by atoms with Crippen LogP contribution >= 0.6 is 0 Å². The summed E-state index contributed by atoms with van der Waals surface area (Å²) in [5.41, 5.74) is 2.50. The van der Waals surface area contributed by atoms with Crippen LogP contribution in [0.3, 0.4) is 0 Å². The third kappa shape index (κ3) is 2.01. The Hall–Kier alpha value is -1.77. The average molecular weight is 195 g/mol. The Morgan fingerprint density at radius 2 is 1.93 bits per heavy atom. The van der Waals surface area contributed by atoms with Gasteiger partial charge in [0.15, 0.2) is 0 Å². The molecule has 0 bridgehead atoms. The molecule has 2 rings (SSSR count). The summed E-state index contributed by atoms with van der Waals surface area (Å²) in [6, 6.07) is 11.5. The van der Waals surface area contributed by atoms with Crippen molar-refractivity contribution in [3.05, 3.63) is 42.6 Å². The smallest absolute Gasteiger partial charge is 0.128 e. The molecule has 0 saturated heterocycles. The van der Waals surface area contributed by atoms with Gasteiger partial charge in [-0.15, -0.1) is 0 Å². The lowest BCUT2D eigenvalue weighted by molar-refractivity contribution is 0.416. The summed E-state index contributed by atoms with van der Waals surface area (Å²) >= 11 is 0. The van der Waals surface area contributed by atoms with Crippen molar-refractivity contribution >= 4 is 13.3 Å². The third-order valence-electron chi connectivity index (χ3n) is 2.17. The van der Waals surface area contributed by atoms with Crippen molar-refractivity contribution in [3.8, 4) is 17.0 Å². The first kappa shape index (κ1) is 9.78. The molecule has 1 heterocycles. The van der Waals surface area contributed by atoms with Crippen LogP contribution in [0.4, 0.5) is 0 Å². The van der Waals surface area contributed by atoms with E-state index in [1.165, 1.54) is 0 Å². The second-order valence-electron chi connectivity index (χ2n) is 3.18. The molecule has 0 aliphatic heterocycles. The van der Waals surface area contributed by atoms with Gasteiger partial charge in [-0.05, 0) is 18.2 Å². The van der Waals surface area contributed by atoms with Crippen molar-refractivity contribution in [1.82, 2.24) is 4.98 Å². The third-order valence-corrected chi connectivity index (χ3v) is 2.17. The molecule has 0 spiro atoms. The number of para-hydroxylation sites is 1. The predicted octanol–water partition coefficient (Wildman–Crippen LogP) is 1.55. The van der Waals surface area contributed by atoms with Crippen LogP contribution in [0, 0.1) is 0 Å². The first-order chi connectivity index (χ1) is 7.31. The Bertz CT molecular complexity index is 453. The first-order valence-electron chi connectivity index (χ1n) is 4.66. The Kier molecular flexibility index (Phi) is 2.72. The van der Waals surface area contributed by atoms with Gasteiger partial charge in [0.2, 0.25) is 0 Å². The summed E-state index contributed by atoms with van der Waals surface area (Å²) < 4.78 is 5.26. The van der Waals surface area contributed by atoms with Gasteiger partial charge in [-0.2, -0.15) is 0 Å². The molecule has 0 amide bonds. The number of ether oxygens (including phenoxy) is 1. The minimum absolute atomic E-state index is 0.661. The van der Waals surface area contributed by atoms with Crippen molar-refractivity contribution < 1.29 is 4.74 Å². The molecule has 0 unspecified atom stereocenters. The number of benzene rings is 1. The second kappa shape index (κ2) is 4.17. The predicted molar refractivity (Wildman–Crippen MR) is 61.6 cm³/mol. The molecule has 1 aromatic carbocycles. The van der Waals surface area contributed by atoms with Gasteiger partial charge in [-0.1, -0.05) is 23.7 Å². The van der Waals surface area contributed by atoms with E-state index in [0.29, 0.717) is 5.46 Å². The average Bonchev–Trinajstić information content (AvgIpc) is 2.30. The standard InChI is InChI=1S/C12H10BNO/c1-15-12-5-3-2-4-10(12)11-7-6-9(13)8-14-11/h2-8H,1H3. The molecule has 2 radical (unpaired) electrons. The maximum Gasteiger partial charge on any atom is 0.128 e. The molecule has 0 saturated carbocycles. The molecule has 3 heteroatoms. The normalized spacial score (nSPS) is 9.93. The van der Waals surface area contributed by atoms with Gasteiger partial charge < -0.3 is 4.74 Å². The fourth-order valence-corrected chi connectivity index (χ4v) is 1.42. The Morgan fingerprint density at radius 3 is 2.60 bits per heavy atom. The number of pyridine rings is 1. The molecule has 0 aliphatic carbocycles. The van der Waals surface area contributed by atoms with Gasteiger partial charge in [0, 0.05) is 11.8 Å². The second-order valence-corrected chi connectivity index (χ2v) is 3.18. The van der Waals surface area contributed by atoms with E-state index in [1.54, 1.807) is 13.3 Å². The molecule has 72 valence electrons. The van der Waals surface area contributed by atoms with Gasteiger partial charge >= 0.3 is 0 Å². The number of methoxy groups -OCH3 is 1. The molecule has 0 atom stereocenters. The maximum absolute atomic E-state index is 5.58. The number of hydrogen-bond acceptors (Lipinski definition) is 2. The number of nitrogens with zero attached hydrogens (tertiary/aromatic N) is 1. The summed E-state index contributed by atoms with van der Waals surface area (Å²) in [7, 11) is 7.23. The fraction of sp³-hybridized carbons (Fsp3) is 0.0833. The summed E-state index contributed by atoms with van der Waals surface area (Å²) in [6.45, 7) is 0. The topological polar surface area (TPSA) is 22.1 Å². The molecule has 0 N–H and O–H groups in total. The highest BCUT2D eigenvalue weighted by Crippen LogP contribution is 2.26. The van der Waals surface area contributed by atoms with Gasteiger partial charge in [-0.25, -0.2) is 0 Å². The van der Waals surface area contributed by atoms with Crippen LogP contribution < -0.4 is 10.2 Å². The van der Waals surface area contributed by atoms with Crippen LogP contribution in [0.1, 0.15) is 0 Å². The van der Waals surface area contributed by atoms with E-state index >= 15 is 0 Å². The van der Waals surface area contributed by atoms with Gasteiger partial charge in [-0.3, -0.25) is 4.98 Å². The Balaban J connectivity index is 2.49. The van der Waals surface area contributed by atoms with E-state index in [4.69, 9.17) is 12.6 Å². The zero-order valence-corrected chi connectivity index (χ0v) is 8.47. The highest BCUT2D eigenvalue weighted by molar-refractivity contribution is 6.32. The summed E-state index contributed by atoms with van der Waals surface area (Å²) in [6.07, 6.45) is 1.64. The highest BCUT2D eigenvalue weighted by atomic mass is 16.5. The number of hydrogen-bond donors (Lipinski definition) is 0. The van der Waals surface area contributed by atoms with E-state index in [2.05, 4.69) is 4.98 Å². The molecule has 0 fully saturated rings. The minimum Gasteiger partial charge on any atom is -0.496 e. The van der Waals surface area contributed by atoms with Gasteiger partial charge in [0.05, 0.1) is 12.8 Å². The van der Waals surface area contributed by atoms with E-state index in [9.17, 15) is 0 Å². The minimum atomic E-state index is 0.661.